The molecule has 1 rings (SSSR count). The van der Waals surface area contributed by atoms with Crippen LogP contribution in [0.3, 0.4) is 0 Å². The van der Waals surface area contributed by atoms with E-state index >= 15 is 0 Å². The van der Waals surface area contributed by atoms with Crippen LogP contribution < -0.4 is 4.74 Å². The molecule has 1 aromatic rings. The molecule has 24 heavy (non-hydrogen) atoms. The van der Waals surface area contributed by atoms with E-state index in [1.807, 2.05) is 0 Å². The van der Waals surface area contributed by atoms with Crippen LogP contribution in [0, 0.1) is 6.92 Å². The summed E-state index contributed by atoms with van der Waals surface area (Å²) < 4.78 is 134. The molecule has 0 unspecified atom stereocenters. The zero-order chi connectivity index (χ0) is 19.2. The van der Waals surface area contributed by atoms with Crippen LogP contribution in [-0.2, 0) is 0 Å². The van der Waals surface area contributed by atoms with Gasteiger partial charge in [-0.2, -0.15) is 43.9 Å². The highest BCUT2D eigenvalue weighted by molar-refractivity contribution is 5.35. The molecular formula is C13H9F10O. The van der Waals surface area contributed by atoms with E-state index in [1.54, 1.807) is 0 Å². The maximum Gasteiger partial charge on any atom is 0.471 e. The van der Waals surface area contributed by atoms with Gasteiger partial charge in [0.1, 0.15) is 5.75 Å². The van der Waals surface area contributed by atoms with Crippen molar-refractivity contribution in [1.82, 2.24) is 0 Å². The third-order valence-electron chi connectivity index (χ3n) is 2.92. The number of hydrogen-bond donors (Lipinski definition) is 0. The topological polar surface area (TPSA) is 9.23 Å². The molecule has 0 heterocycles. The second-order valence-electron chi connectivity index (χ2n) is 4.84. The number of rotatable bonds is 6. The zero-order valence-electron chi connectivity index (χ0n) is 11.7. The number of alkyl halides is 10. The Hall–Kier alpha value is -1.68. The van der Waals surface area contributed by atoms with Gasteiger partial charge < -0.3 is 4.74 Å². The van der Waals surface area contributed by atoms with Gasteiger partial charge in [0.2, 0.25) is 0 Å². The molecule has 0 aliphatic heterocycles. The van der Waals surface area contributed by atoms with E-state index in [2.05, 4.69) is 11.7 Å². The van der Waals surface area contributed by atoms with Crippen molar-refractivity contribution in [2.75, 3.05) is 0 Å². The molecule has 137 valence electrons. The van der Waals surface area contributed by atoms with Gasteiger partial charge in [-0.3, -0.25) is 0 Å². The van der Waals surface area contributed by atoms with E-state index in [0.717, 1.165) is 12.1 Å². The normalized spacial score (nSPS) is 14.7. The van der Waals surface area contributed by atoms with Gasteiger partial charge in [0.25, 0.3) is 0 Å². The predicted octanol–water partition coefficient (Wildman–Crippen LogP) is 5.40. The third kappa shape index (κ3) is 3.00. The molecule has 0 spiro atoms. The van der Waals surface area contributed by atoms with Crippen LogP contribution in [0.2, 0.25) is 0 Å². The molecule has 0 aliphatic rings. The van der Waals surface area contributed by atoms with Gasteiger partial charge in [-0.05, 0) is 18.6 Å². The summed E-state index contributed by atoms with van der Waals surface area (Å²) in [6, 6.07) is 3.77. The molecule has 0 amide bonds. The Morgan fingerprint density at radius 2 is 1.21 bits per heavy atom. The maximum absolute atomic E-state index is 13.4. The van der Waals surface area contributed by atoms with Crippen LogP contribution in [0.5, 0.6) is 5.75 Å². The summed E-state index contributed by atoms with van der Waals surface area (Å²) in [4.78, 5) is 0. The lowest BCUT2D eigenvalue weighted by Crippen LogP contribution is -2.67. The average molecular weight is 371 g/mol. The van der Waals surface area contributed by atoms with E-state index in [9.17, 15) is 43.9 Å². The Balaban J connectivity index is 3.32. The van der Waals surface area contributed by atoms with E-state index in [4.69, 9.17) is 0 Å². The number of halogens is 10. The van der Waals surface area contributed by atoms with Gasteiger partial charge in [-0.15, -0.1) is 0 Å². The van der Waals surface area contributed by atoms with Gasteiger partial charge in [0.05, 0.1) is 0 Å². The van der Waals surface area contributed by atoms with Crippen molar-refractivity contribution in [1.29, 1.82) is 0 Å². The Morgan fingerprint density at radius 1 is 0.750 bits per heavy atom. The van der Waals surface area contributed by atoms with Crippen LogP contribution in [0.1, 0.15) is 12.5 Å². The van der Waals surface area contributed by atoms with Crippen LogP contribution in [0.4, 0.5) is 43.9 Å². The van der Waals surface area contributed by atoms with Crippen molar-refractivity contribution in [2.24, 2.45) is 0 Å². The number of ether oxygens (including phenoxy) is 1. The molecule has 0 bridgehead atoms. The van der Waals surface area contributed by atoms with Crippen molar-refractivity contribution in [3.8, 4) is 5.75 Å². The Bertz CT molecular complexity index is 591. The largest absolute Gasteiger partial charge is 0.471 e. The summed E-state index contributed by atoms with van der Waals surface area (Å²) in [6.45, 7) is 2.27. The lowest BCUT2D eigenvalue weighted by atomic mass is 9.99. The Kier molecular flexibility index (Phi) is 4.83. The third-order valence-corrected chi connectivity index (χ3v) is 2.92. The fourth-order valence-corrected chi connectivity index (χ4v) is 1.46. The quantitative estimate of drug-likeness (QED) is 0.609. The van der Waals surface area contributed by atoms with Gasteiger partial charge in [-0.25, -0.2) is 0 Å². The van der Waals surface area contributed by atoms with E-state index in [0.29, 0.717) is 6.07 Å². The lowest BCUT2D eigenvalue weighted by molar-refractivity contribution is -0.429. The molecule has 0 saturated heterocycles. The zero-order valence-corrected chi connectivity index (χ0v) is 11.7. The highest BCUT2D eigenvalue weighted by Gasteiger charge is 2.86. The minimum absolute atomic E-state index is 0.455. The monoisotopic (exact) mass is 371 g/mol. The molecule has 0 aromatic heterocycles. The summed E-state index contributed by atoms with van der Waals surface area (Å²) in [6.07, 6.45) is -6.24. The summed E-state index contributed by atoms with van der Waals surface area (Å²) in [5, 5.41) is 0. The second kappa shape index (κ2) is 5.69. The minimum Gasteiger partial charge on any atom is -0.428 e. The molecule has 11 heteroatoms. The summed E-state index contributed by atoms with van der Waals surface area (Å²) in [5.41, 5.74) is -0.455. The first-order valence-electron chi connectivity index (χ1n) is 5.98. The van der Waals surface area contributed by atoms with E-state index < -0.39 is 48.0 Å². The van der Waals surface area contributed by atoms with Gasteiger partial charge in [-0.1, -0.05) is 18.2 Å². The molecule has 1 aromatic carbocycles. The number of para-hydroxylation sites is 1. The molecule has 0 fully saturated rings. The molecule has 1 radical (unpaired) electrons. The summed E-state index contributed by atoms with van der Waals surface area (Å²) in [7, 11) is 0. The minimum atomic E-state index is -7.13. The smallest absolute Gasteiger partial charge is 0.428 e. The molecule has 0 aliphatic carbocycles. The van der Waals surface area contributed by atoms with Gasteiger partial charge >= 0.3 is 29.8 Å². The highest BCUT2D eigenvalue weighted by atomic mass is 19.4. The first-order valence-corrected chi connectivity index (χ1v) is 5.98. The lowest BCUT2D eigenvalue weighted by Gasteiger charge is -2.38. The van der Waals surface area contributed by atoms with Crippen LogP contribution in [0.25, 0.3) is 0 Å². The van der Waals surface area contributed by atoms with Crippen LogP contribution in [-0.4, -0.2) is 29.8 Å². The average Bonchev–Trinajstić information content (AvgIpc) is 2.39. The number of hydrogen-bond acceptors (Lipinski definition) is 1. The second-order valence-corrected chi connectivity index (χ2v) is 4.84. The fraction of sp³-hybridized carbons (Fsp3) is 0.462. The first kappa shape index (κ1) is 20.4. The summed E-state index contributed by atoms with van der Waals surface area (Å²) in [5.74, 6) is -27.7. The van der Waals surface area contributed by atoms with Crippen molar-refractivity contribution >= 4 is 0 Å². The Morgan fingerprint density at radius 3 is 1.62 bits per heavy atom. The standard InChI is InChI=1S/C13H9F10O/c1-7-5-3-4-6-8(7)24-13(22,23)12(20,21)11(18,19)10(16,17)9(2,14)15/h3-6H,1H2,2H3. The van der Waals surface area contributed by atoms with Crippen molar-refractivity contribution in [2.45, 2.75) is 36.7 Å². The maximum atomic E-state index is 13.4. The van der Waals surface area contributed by atoms with Crippen molar-refractivity contribution in [3.05, 3.63) is 36.8 Å². The van der Waals surface area contributed by atoms with Gasteiger partial charge in [0.15, 0.2) is 0 Å². The van der Waals surface area contributed by atoms with Crippen LogP contribution in [0.15, 0.2) is 24.3 Å². The molecule has 0 N–H and O–H groups in total. The first-order chi connectivity index (χ1) is 10.5. The van der Waals surface area contributed by atoms with Crippen molar-refractivity contribution in [3.63, 3.8) is 0 Å². The van der Waals surface area contributed by atoms with E-state index in [-0.39, 0.29) is 0 Å². The Labute approximate surface area is 129 Å². The van der Waals surface area contributed by atoms with Crippen LogP contribution >= 0.6 is 0 Å². The number of benzene rings is 1. The molecule has 0 atom stereocenters. The predicted molar refractivity (Wildman–Crippen MR) is 61.9 cm³/mol. The molecule has 0 saturated carbocycles. The van der Waals surface area contributed by atoms with Gasteiger partial charge in [0, 0.05) is 6.92 Å². The SMILES string of the molecule is [CH2]c1ccccc1OC(F)(F)C(F)(F)C(F)(F)C(F)(F)C(C)(F)F. The van der Waals surface area contributed by atoms with E-state index in [1.165, 1.54) is 6.07 Å². The molecule has 1 nitrogen and oxygen atoms in total. The summed E-state index contributed by atoms with van der Waals surface area (Å²) >= 11 is 0. The highest BCUT2D eigenvalue weighted by Crippen LogP contribution is 2.57. The fourth-order valence-electron chi connectivity index (χ4n) is 1.46. The molecular weight excluding hydrogens is 362 g/mol. The van der Waals surface area contributed by atoms with Crippen molar-refractivity contribution < 1.29 is 48.6 Å².